The van der Waals surface area contributed by atoms with Gasteiger partial charge in [-0.2, -0.15) is 20.1 Å². The largest absolute Gasteiger partial charge is 0.467 e. The lowest BCUT2D eigenvalue weighted by Gasteiger charge is -2.15. The van der Waals surface area contributed by atoms with Gasteiger partial charge >= 0.3 is 6.01 Å². The Morgan fingerprint density at radius 1 is 1.25 bits per heavy atom. The lowest BCUT2D eigenvalue weighted by molar-refractivity contribution is -0.127. The molecule has 3 heterocycles. The molecular formula is C18H22N8O2. The highest BCUT2D eigenvalue weighted by Crippen LogP contribution is 2.20. The van der Waals surface area contributed by atoms with Crippen molar-refractivity contribution in [1.82, 2.24) is 30.0 Å². The number of methoxy groups -OCH3 is 1. The van der Waals surface area contributed by atoms with Gasteiger partial charge in [0.15, 0.2) is 0 Å². The summed E-state index contributed by atoms with van der Waals surface area (Å²) in [6.45, 7) is 2.24. The van der Waals surface area contributed by atoms with Crippen molar-refractivity contribution in [3.8, 4) is 6.01 Å². The molecule has 1 aliphatic heterocycles. The summed E-state index contributed by atoms with van der Waals surface area (Å²) in [7, 11) is 1.51. The van der Waals surface area contributed by atoms with Gasteiger partial charge in [-0.25, -0.2) is 0 Å². The topological polar surface area (TPSA) is 121 Å². The summed E-state index contributed by atoms with van der Waals surface area (Å²) in [5, 5.41) is 14.3. The number of ether oxygens (including phenoxy) is 1. The first-order chi connectivity index (χ1) is 13.7. The number of H-pyrrole nitrogens is 1. The molecule has 1 amide bonds. The van der Waals surface area contributed by atoms with Gasteiger partial charge in [0.2, 0.25) is 17.8 Å². The number of amides is 1. The number of fused-ring (bicyclic) bond motifs is 1. The molecule has 2 aromatic heterocycles. The van der Waals surface area contributed by atoms with Gasteiger partial charge < -0.3 is 20.3 Å². The first-order valence-corrected chi connectivity index (χ1v) is 9.23. The number of aromatic nitrogens is 5. The second kappa shape index (κ2) is 8.07. The van der Waals surface area contributed by atoms with Crippen LogP contribution in [-0.4, -0.2) is 62.7 Å². The summed E-state index contributed by atoms with van der Waals surface area (Å²) in [4.78, 5) is 26.4. The van der Waals surface area contributed by atoms with Crippen LogP contribution in [0.25, 0.3) is 10.9 Å². The molecule has 10 nitrogen and oxygen atoms in total. The molecule has 0 atom stereocenters. The van der Waals surface area contributed by atoms with E-state index in [1.807, 2.05) is 23.1 Å². The Kier molecular flexibility index (Phi) is 5.18. The molecule has 1 saturated heterocycles. The Hall–Kier alpha value is -3.43. The van der Waals surface area contributed by atoms with E-state index < -0.39 is 0 Å². The maximum atomic E-state index is 11.6. The number of hydrogen-bond acceptors (Lipinski definition) is 8. The molecule has 0 bridgehead atoms. The van der Waals surface area contributed by atoms with Crippen molar-refractivity contribution in [2.45, 2.75) is 19.3 Å². The summed E-state index contributed by atoms with van der Waals surface area (Å²) in [5.74, 6) is 1.04. The number of carbonyl (C=O) groups is 1. The van der Waals surface area contributed by atoms with E-state index in [1.165, 1.54) is 7.11 Å². The van der Waals surface area contributed by atoms with Gasteiger partial charge in [0.1, 0.15) is 0 Å². The molecule has 0 spiro atoms. The van der Waals surface area contributed by atoms with E-state index in [0.29, 0.717) is 24.9 Å². The summed E-state index contributed by atoms with van der Waals surface area (Å²) in [6, 6.07) is 6.02. The fourth-order valence-corrected chi connectivity index (χ4v) is 3.14. The van der Waals surface area contributed by atoms with Crippen LogP contribution in [0.5, 0.6) is 6.01 Å². The van der Waals surface area contributed by atoms with E-state index in [1.54, 1.807) is 6.20 Å². The number of carbonyl (C=O) groups excluding carboxylic acids is 1. The van der Waals surface area contributed by atoms with Gasteiger partial charge in [-0.3, -0.25) is 9.89 Å². The quantitative estimate of drug-likeness (QED) is 0.505. The van der Waals surface area contributed by atoms with Crippen LogP contribution < -0.4 is 15.4 Å². The SMILES string of the molecule is COc1nc(NCCCN2CCCC2=O)nc(Nc2ccc3[nH]ncc3c2)n1. The molecule has 10 heteroatoms. The summed E-state index contributed by atoms with van der Waals surface area (Å²) in [5.41, 5.74) is 1.79. The number of rotatable bonds is 8. The molecule has 0 aliphatic carbocycles. The zero-order valence-electron chi connectivity index (χ0n) is 15.6. The second-order valence-corrected chi connectivity index (χ2v) is 6.53. The second-order valence-electron chi connectivity index (χ2n) is 6.53. The number of aromatic amines is 1. The first kappa shape index (κ1) is 18.0. The molecule has 1 fully saturated rings. The fourth-order valence-electron chi connectivity index (χ4n) is 3.14. The third kappa shape index (κ3) is 4.11. The zero-order chi connectivity index (χ0) is 19.3. The van der Waals surface area contributed by atoms with Crippen LogP contribution in [0.15, 0.2) is 24.4 Å². The molecule has 3 aromatic rings. The number of likely N-dealkylation sites (tertiary alicyclic amines) is 1. The molecule has 1 aliphatic rings. The molecular weight excluding hydrogens is 360 g/mol. The third-order valence-electron chi connectivity index (χ3n) is 4.55. The standard InChI is InChI=1S/C18H22N8O2/c1-28-18-23-16(19-7-3-9-26-8-2-4-15(26)27)22-17(24-18)21-13-5-6-14-12(10-13)11-20-25-14/h5-6,10-11H,2-4,7-9H2,1H3,(H,20,25)(H2,19,21,22,23,24). The molecule has 0 unspecified atom stereocenters. The number of nitrogens with one attached hydrogen (secondary N) is 3. The molecule has 146 valence electrons. The summed E-state index contributed by atoms with van der Waals surface area (Å²) in [6.07, 6.45) is 4.19. The maximum absolute atomic E-state index is 11.6. The van der Waals surface area contributed by atoms with E-state index in [0.717, 1.165) is 42.5 Å². The minimum atomic E-state index is 0.221. The fraction of sp³-hybridized carbons (Fsp3) is 0.389. The molecule has 3 N–H and O–H groups in total. The smallest absolute Gasteiger partial charge is 0.322 e. The Bertz CT molecular complexity index is 973. The van der Waals surface area contributed by atoms with Crippen LogP contribution in [-0.2, 0) is 4.79 Å². The Morgan fingerprint density at radius 3 is 2.96 bits per heavy atom. The average molecular weight is 382 g/mol. The zero-order valence-corrected chi connectivity index (χ0v) is 15.6. The van der Waals surface area contributed by atoms with Crippen LogP contribution in [0.1, 0.15) is 19.3 Å². The Morgan fingerprint density at radius 2 is 2.14 bits per heavy atom. The van der Waals surface area contributed by atoms with Gasteiger partial charge in [-0.15, -0.1) is 0 Å². The van der Waals surface area contributed by atoms with E-state index in [4.69, 9.17) is 4.74 Å². The predicted octanol–water partition coefficient (Wildman–Crippen LogP) is 1.92. The number of benzene rings is 1. The number of anilines is 3. The van der Waals surface area contributed by atoms with Crippen LogP contribution in [0.4, 0.5) is 17.6 Å². The number of nitrogens with zero attached hydrogens (tertiary/aromatic N) is 5. The van der Waals surface area contributed by atoms with Gasteiger partial charge in [0, 0.05) is 37.1 Å². The highest BCUT2D eigenvalue weighted by atomic mass is 16.5. The van der Waals surface area contributed by atoms with E-state index in [2.05, 4.69) is 35.8 Å². The van der Waals surface area contributed by atoms with Crippen molar-refractivity contribution >= 4 is 34.4 Å². The van der Waals surface area contributed by atoms with Crippen molar-refractivity contribution in [2.24, 2.45) is 0 Å². The summed E-state index contributed by atoms with van der Waals surface area (Å²) >= 11 is 0. The predicted molar refractivity (Wildman–Crippen MR) is 105 cm³/mol. The minimum absolute atomic E-state index is 0.221. The highest BCUT2D eigenvalue weighted by Gasteiger charge is 2.19. The van der Waals surface area contributed by atoms with Crippen LogP contribution in [0.3, 0.4) is 0 Å². The van der Waals surface area contributed by atoms with Crippen molar-refractivity contribution in [1.29, 1.82) is 0 Å². The summed E-state index contributed by atoms with van der Waals surface area (Å²) < 4.78 is 5.18. The van der Waals surface area contributed by atoms with E-state index >= 15 is 0 Å². The van der Waals surface area contributed by atoms with Gasteiger partial charge in [0.05, 0.1) is 18.8 Å². The Labute approximate surface area is 161 Å². The van der Waals surface area contributed by atoms with Gasteiger partial charge in [-0.05, 0) is 31.0 Å². The van der Waals surface area contributed by atoms with Crippen LogP contribution >= 0.6 is 0 Å². The third-order valence-corrected chi connectivity index (χ3v) is 4.55. The number of hydrogen-bond donors (Lipinski definition) is 3. The lowest BCUT2D eigenvalue weighted by Crippen LogP contribution is -2.27. The molecule has 1 aromatic carbocycles. The normalized spacial score (nSPS) is 13.9. The van der Waals surface area contributed by atoms with Crippen LogP contribution in [0.2, 0.25) is 0 Å². The molecule has 28 heavy (non-hydrogen) atoms. The molecule has 4 rings (SSSR count). The van der Waals surface area contributed by atoms with Gasteiger partial charge in [-0.1, -0.05) is 0 Å². The van der Waals surface area contributed by atoms with Crippen LogP contribution in [0, 0.1) is 0 Å². The first-order valence-electron chi connectivity index (χ1n) is 9.23. The average Bonchev–Trinajstić information content (AvgIpc) is 3.33. The highest BCUT2D eigenvalue weighted by molar-refractivity contribution is 5.82. The van der Waals surface area contributed by atoms with Crippen molar-refractivity contribution in [3.05, 3.63) is 24.4 Å². The van der Waals surface area contributed by atoms with E-state index in [9.17, 15) is 4.79 Å². The van der Waals surface area contributed by atoms with E-state index in [-0.39, 0.29) is 11.9 Å². The van der Waals surface area contributed by atoms with Gasteiger partial charge in [0.25, 0.3) is 0 Å². The lowest BCUT2D eigenvalue weighted by atomic mass is 10.2. The monoisotopic (exact) mass is 382 g/mol. The molecule has 0 saturated carbocycles. The maximum Gasteiger partial charge on any atom is 0.322 e. The Balaban J connectivity index is 1.39. The minimum Gasteiger partial charge on any atom is -0.467 e. The van der Waals surface area contributed by atoms with Crippen molar-refractivity contribution < 1.29 is 9.53 Å². The molecule has 0 radical (unpaired) electrons. The van der Waals surface area contributed by atoms with Crippen molar-refractivity contribution in [2.75, 3.05) is 37.4 Å². The van der Waals surface area contributed by atoms with Crippen molar-refractivity contribution in [3.63, 3.8) is 0 Å².